The Bertz CT molecular complexity index is 668. The van der Waals surface area contributed by atoms with Crippen molar-refractivity contribution in [2.75, 3.05) is 19.0 Å². The van der Waals surface area contributed by atoms with Crippen LogP contribution in [0.5, 0.6) is 5.75 Å². The zero-order chi connectivity index (χ0) is 16.1. The summed E-state index contributed by atoms with van der Waals surface area (Å²) in [5, 5.41) is 12.3. The largest absolute Gasteiger partial charge is 0.496 e. The fourth-order valence-corrected chi connectivity index (χ4v) is 3.37. The molecule has 0 radical (unpaired) electrons. The van der Waals surface area contributed by atoms with Crippen molar-refractivity contribution in [3.8, 4) is 5.75 Å². The Labute approximate surface area is 138 Å². The van der Waals surface area contributed by atoms with Crippen molar-refractivity contribution in [1.82, 2.24) is 10.2 Å². The van der Waals surface area contributed by atoms with Crippen LogP contribution in [-0.4, -0.2) is 29.8 Å². The molecule has 0 spiro atoms. The average Bonchev–Trinajstić information content (AvgIpc) is 3.24. The number of ether oxygens (including phenoxy) is 2. The van der Waals surface area contributed by atoms with Gasteiger partial charge < -0.3 is 14.8 Å². The number of nitrogens with one attached hydrogen (secondary N) is 1. The summed E-state index contributed by atoms with van der Waals surface area (Å²) in [6.45, 7) is 0.769. The molecule has 0 bridgehead atoms. The molecule has 6 nitrogen and oxygen atoms in total. The number of hydrogen-bond acceptors (Lipinski definition) is 6. The van der Waals surface area contributed by atoms with E-state index in [0.29, 0.717) is 18.0 Å². The number of methoxy groups -OCH3 is 1. The number of hydrogen-bond donors (Lipinski definition) is 1. The average molecular weight is 333 g/mol. The third-order valence-electron chi connectivity index (χ3n) is 3.71. The van der Waals surface area contributed by atoms with Crippen molar-refractivity contribution in [2.45, 2.75) is 31.8 Å². The van der Waals surface area contributed by atoms with Crippen LogP contribution in [0, 0.1) is 0 Å². The predicted octanol–water partition coefficient (Wildman–Crippen LogP) is 2.97. The van der Waals surface area contributed by atoms with E-state index < -0.39 is 0 Å². The van der Waals surface area contributed by atoms with Gasteiger partial charge >= 0.3 is 0 Å². The summed E-state index contributed by atoms with van der Waals surface area (Å²) in [6, 6.07) is 7.71. The molecule has 1 amide bonds. The molecular weight excluding hydrogens is 314 g/mol. The number of benzene rings is 1. The van der Waals surface area contributed by atoms with Gasteiger partial charge in [0.1, 0.15) is 16.9 Å². The van der Waals surface area contributed by atoms with Crippen LogP contribution in [-0.2, 0) is 16.0 Å². The lowest BCUT2D eigenvalue weighted by molar-refractivity contribution is -0.116. The highest BCUT2D eigenvalue weighted by molar-refractivity contribution is 7.15. The normalized spacial score (nSPS) is 17.2. The first kappa shape index (κ1) is 15.9. The maximum Gasteiger partial charge on any atom is 0.226 e. The lowest BCUT2D eigenvalue weighted by Gasteiger charge is -2.07. The van der Waals surface area contributed by atoms with Crippen LogP contribution in [0.3, 0.4) is 0 Å². The predicted molar refractivity (Wildman–Crippen MR) is 87.8 cm³/mol. The van der Waals surface area contributed by atoms with E-state index in [1.165, 1.54) is 11.3 Å². The number of para-hydroxylation sites is 1. The van der Waals surface area contributed by atoms with Gasteiger partial charge in [-0.2, -0.15) is 0 Å². The van der Waals surface area contributed by atoms with Crippen LogP contribution in [0.2, 0.25) is 0 Å². The Hall–Kier alpha value is -1.99. The van der Waals surface area contributed by atoms with Crippen LogP contribution in [0.1, 0.15) is 35.9 Å². The van der Waals surface area contributed by atoms with Gasteiger partial charge in [-0.15, -0.1) is 10.2 Å². The third kappa shape index (κ3) is 4.05. The highest BCUT2D eigenvalue weighted by Gasteiger charge is 2.22. The summed E-state index contributed by atoms with van der Waals surface area (Å²) >= 11 is 1.38. The van der Waals surface area contributed by atoms with Gasteiger partial charge in [-0.25, -0.2) is 0 Å². The summed E-state index contributed by atoms with van der Waals surface area (Å²) in [7, 11) is 1.63. The minimum absolute atomic E-state index is 0.0340. The molecule has 7 heteroatoms. The molecule has 1 atom stereocenters. The van der Waals surface area contributed by atoms with Gasteiger partial charge in [-0.05, 0) is 30.9 Å². The van der Waals surface area contributed by atoms with Gasteiger partial charge in [0.2, 0.25) is 11.0 Å². The van der Waals surface area contributed by atoms with E-state index in [1.54, 1.807) is 7.11 Å². The molecule has 3 rings (SSSR count). The molecule has 1 aromatic carbocycles. The highest BCUT2D eigenvalue weighted by Crippen LogP contribution is 2.31. The first-order valence-corrected chi connectivity index (χ1v) is 8.44. The number of carbonyl (C=O) groups excluding carboxylic acids is 1. The zero-order valence-electron chi connectivity index (χ0n) is 12.9. The summed E-state index contributed by atoms with van der Waals surface area (Å²) in [4.78, 5) is 12.1. The Morgan fingerprint density at radius 3 is 3.09 bits per heavy atom. The molecule has 1 saturated heterocycles. The van der Waals surface area contributed by atoms with E-state index in [0.717, 1.165) is 35.8 Å². The summed E-state index contributed by atoms with van der Waals surface area (Å²) in [5.74, 6) is 0.725. The number of carbonyl (C=O) groups is 1. The number of aryl methyl sites for hydroxylation is 1. The molecular formula is C16H19N3O3S. The number of nitrogens with zero attached hydrogens (tertiary/aromatic N) is 2. The van der Waals surface area contributed by atoms with Gasteiger partial charge in [0.25, 0.3) is 0 Å². The van der Waals surface area contributed by atoms with Crippen molar-refractivity contribution >= 4 is 22.4 Å². The molecule has 1 aliphatic rings. The zero-order valence-corrected chi connectivity index (χ0v) is 13.8. The van der Waals surface area contributed by atoms with E-state index >= 15 is 0 Å². The first-order valence-electron chi connectivity index (χ1n) is 7.63. The van der Waals surface area contributed by atoms with Crippen molar-refractivity contribution in [3.05, 3.63) is 34.8 Å². The summed E-state index contributed by atoms with van der Waals surface area (Å²) in [6.07, 6.45) is 3.04. The topological polar surface area (TPSA) is 73.3 Å². The van der Waals surface area contributed by atoms with Gasteiger partial charge in [0.05, 0.1) is 7.11 Å². The SMILES string of the molecule is COc1ccccc1CCC(=O)Nc1nnc(C2CCCO2)s1. The molecule has 1 unspecified atom stereocenters. The van der Waals surface area contributed by atoms with Gasteiger partial charge in [-0.1, -0.05) is 29.5 Å². The van der Waals surface area contributed by atoms with E-state index in [1.807, 2.05) is 24.3 Å². The molecule has 122 valence electrons. The second kappa shape index (κ2) is 7.52. The smallest absolute Gasteiger partial charge is 0.226 e. The molecule has 1 aromatic heterocycles. The summed E-state index contributed by atoms with van der Waals surface area (Å²) in [5.41, 5.74) is 1.02. The van der Waals surface area contributed by atoms with Crippen LogP contribution in [0.25, 0.3) is 0 Å². The molecule has 1 aliphatic heterocycles. The van der Waals surface area contributed by atoms with Crippen molar-refractivity contribution in [1.29, 1.82) is 0 Å². The lowest BCUT2D eigenvalue weighted by Crippen LogP contribution is -2.12. The Morgan fingerprint density at radius 2 is 2.30 bits per heavy atom. The second-order valence-electron chi connectivity index (χ2n) is 5.31. The van der Waals surface area contributed by atoms with Crippen molar-refractivity contribution in [2.24, 2.45) is 0 Å². The second-order valence-corrected chi connectivity index (χ2v) is 6.32. The van der Waals surface area contributed by atoms with Crippen molar-refractivity contribution in [3.63, 3.8) is 0 Å². The molecule has 23 heavy (non-hydrogen) atoms. The minimum atomic E-state index is -0.0778. The molecule has 0 aliphatic carbocycles. The fourth-order valence-electron chi connectivity index (χ4n) is 2.53. The maximum atomic E-state index is 12.1. The third-order valence-corrected chi connectivity index (χ3v) is 4.64. The molecule has 1 N–H and O–H groups in total. The maximum absolute atomic E-state index is 12.1. The Kier molecular flexibility index (Phi) is 5.19. The monoisotopic (exact) mass is 333 g/mol. The van der Waals surface area contributed by atoms with E-state index in [-0.39, 0.29) is 12.0 Å². The Balaban J connectivity index is 1.53. The van der Waals surface area contributed by atoms with Crippen LogP contribution in [0.15, 0.2) is 24.3 Å². The van der Waals surface area contributed by atoms with Gasteiger partial charge in [-0.3, -0.25) is 4.79 Å². The van der Waals surface area contributed by atoms with E-state index in [4.69, 9.17) is 9.47 Å². The van der Waals surface area contributed by atoms with Crippen LogP contribution < -0.4 is 10.1 Å². The lowest BCUT2D eigenvalue weighted by atomic mass is 10.1. The highest BCUT2D eigenvalue weighted by atomic mass is 32.1. The fraction of sp³-hybridized carbons (Fsp3) is 0.438. The first-order chi connectivity index (χ1) is 11.3. The Morgan fingerprint density at radius 1 is 1.43 bits per heavy atom. The molecule has 2 aromatic rings. The quantitative estimate of drug-likeness (QED) is 0.880. The van der Waals surface area contributed by atoms with Crippen LogP contribution >= 0.6 is 11.3 Å². The number of amides is 1. The summed E-state index contributed by atoms with van der Waals surface area (Å²) < 4.78 is 10.9. The number of anilines is 1. The molecule has 2 heterocycles. The van der Waals surface area contributed by atoms with E-state index in [2.05, 4.69) is 15.5 Å². The van der Waals surface area contributed by atoms with Crippen molar-refractivity contribution < 1.29 is 14.3 Å². The van der Waals surface area contributed by atoms with Crippen LogP contribution in [0.4, 0.5) is 5.13 Å². The number of aromatic nitrogens is 2. The standard InChI is InChI=1S/C16H19N3O3S/c1-21-12-6-3-2-5-11(12)8-9-14(20)17-16-19-18-15(23-16)13-7-4-10-22-13/h2-3,5-6,13H,4,7-10H2,1H3,(H,17,19,20). The van der Waals surface area contributed by atoms with E-state index in [9.17, 15) is 4.79 Å². The molecule has 0 saturated carbocycles. The molecule has 1 fully saturated rings. The number of rotatable bonds is 6. The van der Waals surface area contributed by atoms with Gasteiger partial charge in [0, 0.05) is 13.0 Å². The minimum Gasteiger partial charge on any atom is -0.496 e. The van der Waals surface area contributed by atoms with Gasteiger partial charge in [0.15, 0.2) is 0 Å².